The SMILES string of the molecule is COc1ccccc1Nc1ccn(-c2ccccc2)n1. The maximum absolute atomic E-state index is 5.31. The van der Waals surface area contributed by atoms with Gasteiger partial charge in [-0.15, -0.1) is 0 Å². The summed E-state index contributed by atoms with van der Waals surface area (Å²) in [7, 11) is 1.66. The number of hydrogen-bond acceptors (Lipinski definition) is 3. The minimum Gasteiger partial charge on any atom is -0.495 e. The molecule has 1 N–H and O–H groups in total. The van der Waals surface area contributed by atoms with E-state index in [0.29, 0.717) is 0 Å². The van der Waals surface area contributed by atoms with Crippen LogP contribution in [-0.2, 0) is 0 Å². The van der Waals surface area contributed by atoms with E-state index < -0.39 is 0 Å². The Morgan fingerprint density at radius 3 is 2.50 bits per heavy atom. The van der Waals surface area contributed by atoms with Gasteiger partial charge in [0.1, 0.15) is 5.75 Å². The summed E-state index contributed by atoms with van der Waals surface area (Å²) in [6.45, 7) is 0. The third-order valence-corrected chi connectivity index (χ3v) is 2.98. The van der Waals surface area contributed by atoms with Gasteiger partial charge >= 0.3 is 0 Å². The summed E-state index contributed by atoms with van der Waals surface area (Å²) < 4.78 is 7.14. The summed E-state index contributed by atoms with van der Waals surface area (Å²) in [5.41, 5.74) is 1.92. The molecule has 1 aromatic heterocycles. The molecule has 0 unspecified atom stereocenters. The average Bonchev–Trinajstić information content (AvgIpc) is 2.97. The maximum Gasteiger partial charge on any atom is 0.152 e. The third kappa shape index (κ3) is 2.49. The first-order valence-corrected chi connectivity index (χ1v) is 6.38. The van der Waals surface area contributed by atoms with Gasteiger partial charge in [-0.05, 0) is 24.3 Å². The molecule has 0 saturated heterocycles. The van der Waals surface area contributed by atoms with Gasteiger partial charge in [0.05, 0.1) is 18.5 Å². The van der Waals surface area contributed by atoms with Crippen LogP contribution in [0.15, 0.2) is 66.9 Å². The smallest absolute Gasteiger partial charge is 0.152 e. The molecule has 0 aliphatic rings. The molecule has 3 rings (SSSR count). The molecule has 20 heavy (non-hydrogen) atoms. The Balaban J connectivity index is 1.84. The molecule has 100 valence electrons. The van der Waals surface area contributed by atoms with Crippen molar-refractivity contribution >= 4 is 11.5 Å². The maximum atomic E-state index is 5.31. The van der Waals surface area contributed by atoms with E-state index in [2.05, 4.69) is 10.4 Å². The highest BCUT2D eigenvalue weighted by atomic mass is 16.5. The Hall–Kier alpha value is -2.75. The highest BCUT2D eigenvalue weighted by Crippen LogP contribution is 2.26. The first-order valence-electron chi connectivity index (χ1n) is 6.38. The van der Waals surface area contributed by atoms with Gasteiger partial charge in [0.2, 0.25) is 0 Å². The Morgan fingerprint density at radius 1 is 0.950 bits per heavy atom. The Kier molecular flexibility index (Phi) is 3.37. The van der Waals surface area contributed by atoms with Crippen molar-refractivity contribution in [2.45, 2.75) is 0 Å². The van der Waals surface area contributed by atoms with E-state index in [-0.39, 0.29) is 0 Å². The second-order valence-corrected chi connectivity index (χ2v) is 4.31. The van der Waals surface area contributed by atoms with Crippen LogP contribution in [0.4, 0.5) is 11.5 Å². The van der Waals surface area contributed by atoms with Gasteiger partial charge in [0.15, 0.2) is 5.82 Å². The van der Waals surface area contributed by atoms with Crippen molar-refractivity contribution in [3.05, 3.63) is 66.9 Å². The Bertz CT molecular complexity index is 692. The summed E-state index contributed by atoms with van der Waals surface area (Å²) >= 11 is 0. The van der Waals surface area contributed by atoms with Gasteiger partial charge in [0.25, 0.3) is 0 Å². The number of nitrogens with one attached hydrogen (secondary N) is 1. The topological polar surface area (TPSA) is 39.1 Å². The van der Waals surface area contributed by atoms with Crippen LogP contribution < -0.4 is 10.1 Å². The van der Waals surface area contributed by atoms with E-state index in [9.17, 15) is 0 Å². The van der Waals surface area contributed by atoms with E-state index in [1.165, 1.54) is 0 Å². The van der Waals surface area contributed by atoms with Gasteiger partial charge in [-0.2, -0.15) is 5.10 Å². The fourth-order valence-electron chi connectivity index (χ4n) is 2.00. The van der Waals surface area contributed by atoms with Crippen molar-refractivity contribution < 1.29 is 4.74 Å². The zero-order valence-corrected chi connectivity index (χ0v) is 11.2. The predicted octanol–water partition coefficient (Wildman–Crippen LogP) is 3.62. The second-order valence-electron chi connectivity index (χ2n) is 4.31. The number of nitrogens with zero attached hydrogens (tertiary/aromatic N) is 2. The number of aromatic nitrogens is 2. The van der Waals surface area contributed by atoms with Crippen LogP contribution in [0.5, 0.6) is 5.75 Å². The van der Waals surface area contributed by atoms with Gasteiger partial charge in [-0.25, -0.2) is 4.68 Å². The third-order valence-electron chi connectivity index (χ3n) is 2.98. The largest absolute Gasteiger partial charge is 0.495 e. The molecule has 0 radical (unpaired) electrons. The van der Waals surface area contributed by atoms with Crippen molar-refractivity contribution in [1.29, 1.82) is 0 Å². The van der Waals surface area contributed by atoms with Crippen LogP contribution in [0.25, 0.3) is 5.69 Å². The molecule has 4 heteroatoms. The van der Waals surface area contributed by atoms with Crippen molar-refractivity contribution in [3.8, 4) is 11.4 Å². The van der Waals surface area contributed by atoms with Gasteiger partial charge in [0, 0.05) is 12.3 Å². The quantitative estimate of drug-likeness (QED) is 0.783. The minimum absolute atomic E-state index is 0.776. The van der Waals surface area contributed by atoms with E-state index >= 15 is 0 Å². The Morgan fingerprint density at radius 2 is 1.70 bits per heavy atom. The molecule has 0 aliphatic carbocycles. The number of ether oxygens (including phenoxy) is 1. The Labute approximate surface area is 117 Å². The van der Waals surface area contributed by atoms with E-state index in [1.807, 2.05) is 71.5 Å². The number of hydrogen-bond donors (Lipinski definition) is 1. The summed E-state index contributed by atoms with van der Waals surface area (Å²) in [6, 6.07) is 19.7. The van der Waals surface area contributed by atoms with Crippen LogP contribution in [0, 0.1) is 0 Å². The summed E-state index contributed by atoms with van der Waals surface area (Å²) in [6.07, 6.45) is 1.92. The molecule has 1 heterocycles. The number of benzene rings is 2. The van der Waals surface area contributed by atoms with Crippen LogP contribution in [-0.4, -0.2) is 16.9 Å². The molecule has 0 spiro atoms. The van der Waals surface area contributed by atoms with Gasteiger partial charge < -0.3 is 10.1 Å². The molecule has 0 fully saturated rings. The van der Waals surface area contributed by atoms with Crippen molar-refractivity contribution in [1.82, 2.24) is 9.78 Å². The number of rotatable bonds is 4. The van der Waals surface area contributed by atoms with E-state index in [1.54, 1.807) is 7.11 Å². The summed E-state index contributed by atoms with van der Waals surface area (Å²) in [5.74, 6) is 1.57. The van der Waals surface area contributed by atoms with Crippen molar-refractivity contribution in [2.75, 3.05) is 12.4 Å². The van der Waals surface area contributed by atoms with Crippen molar-refractivity contribution in [3.63, 3.8) is 0 Å². The summed E-state index contributed by atoms with van der Waals surface area (Å²) in [5, 5.41) is 7.76. The highest BCUT2D eigenvalue weighted by molar-refractivity contribution is 5.63. The average molecular weight is 265 g/mol. The lowest BCUT2D eigenvalue weighted by atomic mass is 10.3. The molecule has 0 amide bonds. The number of para-hydroxylation sites is 3. The van der Waals surface area contributed by atoms with Crippen LogP contribution in [0.1, 0.15) is 0 Å². The lowest BCUT2D eigenvalue weighted by Gasteiger charge is -2.08. The molecular weight excluding hydrogens is 250 g/mol. The number of anilines is 2. The lowest BCUT2D eigenvalue weighted by Crippen LogP contribution is -1.98. The summed E-state index contributed by atoms with van der Waals surface area (Å²) in [4.78, 5) is 0. The molecule has 0 aliphatic heterocycles. The highest BCUT2D eigenvalue weighted by Gasteiger charge is 2.04. The number of methoxy groups -OCH3 is 1. The molecule has 0 bridgehead atoms. The predicted molar refractivity (Wildman–Crippen MR) is 79.8 cm³/mol. The van der Waals surface area contributed by atoms with E-state index in [4.69, 9.17) is 4.74 Å². The zero-order valence-electron chi connectivity index (χ0n) is 11.2. The monoisotopic (exact) mass is 265 g/mol. The molecule has 3 aromatic rings. The fraction of sp³-hybridized carbons (Fsp3) is 0.0625. The van der Waals surface area contributed by atoms with Crippen LogP contribution in [0.2, 0.25) is 0 Å². The molecule has 0 atom stereocenters. The fourth-order valence-corrected chi connectivity index (χ4v) is 2.00. The molecule has 2 aromatic carbocycles. The molecule has 4 nitrogen and oxygen atoms in total. The normalized spacial score (nSPS) is 10.2. The van der Waals surface area contributed by atoms with Crippen LogP contribution >= 0.6 is 0 Å². The molecular formula is C16H15N3O. The second kappa shape index (κ2) is 5.48. The van der Waals surface area contributed by atoms with Crippen molar-refractivity contribution in [2.24, 2.45) is 0 Å². The first-order chi connectivity index (χ1) is 9.86. The standard InChI is InChI=1S/C16H15N3O/c1-20-15-10-6-5-9-14(15)17-16-11-12-19(18-16)13-7-3-2-4-8-13/h2-12H,1H3,(H,17,18). The first kappa shape index (κ1) is 12.3. The lowest BCUT2D eigenvalue weighted by molar-refractivity contribution is 0.417. The van der Waals surface area contributed by atoms with Crippen LogP contribution in [0.3, 0.4) is 0 Å². The zero-order chi connectivity index (χ0) is 13.8. The van der Waals surface area contributed by atoms with Gasteiger partial charge in [-0.3, -0.25) is 0 Å². The van der Waals surface area contributed by atoms with Gasteiger partial charge in [-0.1, -0.05) is 30.3 Å². The minimum atomic E-state index is 0.776. The van der Waals surface area contributed by atoms with E-state index in [0.717, 1.165) is 22.9 Å². The molecule has 0 saturated carbocycles.